The molecule has 0 atom stereocenters. The van der Waals surface area contributed by atoms with E-state index in [1.165, 1.54) is 10.6 Å². The summed E-state index contributed by atoms with van der Waals surface area (Å²) in [7, 11) is 0. The minimum atomic E-state index is -1.09. The fraction of sp³-hybridized carbons (Fsp3) is 0.417. The Kier molecular flexibility index (Phi) is 3.45. The Labute approximate surface area is 119 Å². The van der Waals surface area contributed by atoms with Gasteiger partial charge in [-0.3, -0.25) is 0 Å². The molecule has 7 nitrogen and oxygen atoms in total. The van der Waals surface area contributed by atoms with Crippen molar-refractivity contribution in [2.75, 3.05) is 18.5 Å². The summed E-state index contributed by atoms with van der Waals surface area (Å²) in [5, 5.41) is 16.6. The van der Waals surface area contributed by atoms with Gasteiger partial charge in [-0.15, -0.1) is 0 Å². The number of nitrogens with one attached hydrogen (secondary N) is 1. The molecule has 2 N–H and O–H groups in total. The minimum Gasteiger partial charge on any atom is -0.476 e. The number of fused-ring (bicyclic) bond motifs is 1. The van der Waals surface area contributed by atoms with Crippen molar-refractivity contribution in [3.63, 3.8) is 0 Å². The molecular weight excluding hydrogens is 284 g/mol. The molecular formula is C12H13ClN4O3. The highest BCUT2D eigenvalue weighted by molar-refractivity contribution is 6.29. The zero-order chi connectivity index (χ0) is 14.1. The lowest BCUT2D eigenvalue weighted by Crippen LogP contribution is -2.28. The Hall–Kier alpha value is -1.86. The van der Waals surface area contributed by atoms with Gasteiger partial charge in [-0.1, -0.05) is 11.6 Å². The van der Waals surface area contributed by atoms with E-state index in [9.17, 15) is 4.79 Å². The minimum absolute atomic E-state index is 0.0604. The Bertz CT molecular complexity index is 651. The summed E-state index contributed by atoms with van der Waals surface area (Å²) in [5.74, 6) is -0.456. The third-order valence-electron chi connectivity index (χ3n) is 3.19. The summed E-state index contributed by atoms with van der Waals surface area (Å²) in [6.07, 6.45) is 1.77. The van der Waals surface area contributed by atoms with Crippen LogP contribution in [0, 0.1) is 0 Å². The highest BCUT2D eigenvalue weighted by Gasteiger charge is 2.17. The maximum absolute atomic E-state index is 11.0. The second-order valence-corrected chi connectivity index (χ2v) is 4.99. The van der Waals surface area contributed by atoms with Crippen LogP contribution >= 0.6 is 11.6 Å². The molecule has 1 aliphatic rings. The van der Waals surface area contributed by atoms with Crippen LogP contribution in [0.3, 0.4) is 0 Å². The van der Waals surface area contributed by atoms with Crippen LogP contribution in [0.1, 0.15) is 23.3 Å². The van der Waals surface area contributed by atoms with Crippen molar-refractivity contribution in [1.82, 2.24) is 14.6 Å². The molecule has 0 spiro atoms. The number of carboxylic acids is 1. The zero-order valence-corrected chi connectivity index (χ0v) is 11.3. The molecule has 2 aromatic rings. The maximum Gasteiger partial charge on any atom is 0.356 e. The number of anilines is 1. The molecule has 0 saturated carbocycles. The standard InChI is InChI=1S/C12H13ClN4O3/c13-9-6-11(14-7-1-3-20-4-2-7)17-10(15-9)5-8(16-17)12(18)19/h5-7,14H,1-4H2,(H,18,19). The second kappa shape index (κ2) is 5.26. The van der Waals surface area contributed by atoms with Gasteiger partial charge in [0, 0.05) is 31.4 Å². The highest BCUT2D eigenvalue weighted by Crippen LogP contribution is 2.20. The smallest absolute Gasteiger partial charge is 0.356 e. The Morgan fingerprint density at radius 2 is 2.20 bits per heavy atom. The topological polar surface area (TPSA) is 88.8 Å². The van der Waals surface area contributed by atoms with Crippen molar-refractivity contribution in [2.24, 2.45) is 0 Å². The monoisotopic (exact) mass is 296 g/mol. The molecule has 1 saturated heterocycles. The van der Waals surface area contributed by atoms with Gasteiger partial charge in [0.05, 0.1) is 0 Å². The molecule has 0 unspecified atom stereocenters. The van der Waals surface area contributed by atoms with Crippen LogP contribution in [0.2, 0.25) is 5.15 Å². The molecule has 8 heteroatoms. The number of carboxylic acid groups (broad SMARTS) is 1. The summed E-state index contributed by atoms with van der Waals surface area (Å²) < 4.78 is 6.77. The average molecular weight is 297 g/mol. The van der Waals surface area contributed by atoms with E-state index < -0.39 is 5.97 Å². The van der Waals surface area contributed by atoms with E-state index in [4.69, 9.17) is 21.4 Å². The first-order valence-electron chi connectivity index (χ1n) is 6.27. The van der Waals surface area contributed by atoms with Crippen molar-refractivity contribution in [1.29, 1.82) is 0 Å². The van der Waals surface area contributed by atoms with Gasteiger partial charge in [-0.2, -0.15) is 9.61 Å². The normalized spacial score (nSPS) is 16.4. The third-order valence-corrected chi connectivity index (χ3v) is 3.38. The molecule has 0 aromatic carbocycles. The van der Waals surface area contributed by atoms with Crippen molar-refractivity contribution in [3.05, 3.63) is 23.0 Å². The molecule has 2 aromatic heterocycles. The van der Waals surface area contributed by atoms with Gasteiger partial charge < -0.3 is 15.2 Å². The summed E-state index contributed by atoms with van der Waals surface area (Å²) in [5.41, 5.74) is 0.347. The van der Waals surface area contributed by atoms with E-state index in [2.05, 4.69) is 15.4 Å². The molecule has 1 fully saturated rings. The highest BCUT2D eigenvalue weighted by atomic mass is 35.5. The summed E-state index contributed by atoms with van der Waals surface area (Å²) in [6.45, 7) is 1.41. The number of halogens is 1. The van der Waals surface area contributed by atoms with Gasteiger partial charge in [0.15, 0.2) is 11.3 Å². The number of aromatic nitrogens is 3. The van der Waals surface area contributed by atoms with Gasteiger partial charge in [-0.25, -0.2) is 9.78 Å². The van der Waals surface area contributed by atoms with Gasteiger partial charge in [0.25, 0.3) is 0 Å². The van der Waals surface area contributed by atoms with E-state index in [1.807, 2.05) is 0 Å². The predicted octanol–water partition coefficient (Wildman–Crippen LogP) is 1.67. The van der Waals surface area contributed by atoms with Crippen molar-refractivity contribution < 1.29 is 14.6 Å². The number of hydrogen-bond acceptors (Lipinski definition) is 5. The van der Waals surface area contributed by atoms with Crippen LogP contribution in [-0.4, -0.2) is 44.9 Å². The van der Waals surface area contributed by atoms with Gasteiger partial charge >= 0.3 is 5.97 Å². The Balaban J connectivity index is 1.97. The number of carbonyl (C=O) groups is 1. The molecule has 0 radical (unpaired) electrons. The van der Waals surface area contributed by atoms with Crippen molar-refractivity contribution >= 4 is 29.0 Å². The maximum atomic E-state index is 11.0. The SMILES string of the molecule is O=C(O)c1cc2nc(Cl)cc(NC3CCOCC3)n2n1. The number of ether oxygens (including phenoxy) is 1. The lowest BCUT2D eigenvalue weighted by atomic mass is 10.1. The zero-order valence-electron chi connectivity index (χ0n) is 10.5. The summed E-state index contributed by atoms with van der Waals surface area (Å²) in [6, 6.07) is 3.29. The third kappa shape index (κ3) is 2.54. The molecule has 3 rings (SSSR count). The van der Waals surface area contributed by atoms with Crippen LogP contribution in [0.15, 0.2) is 12.1 Å². The Morgan fingerprint density at radius 1 is 1.45 bits per heavy atom. The van der Waals surface area contributed by atoms with Crippen LogP contribution < -0.4 is 5.32 Å². The van der Waals surface area contributed by atoms with E-state index in [-0.39, 0.29) is 11.7 Å². The van der Waals surface area contributed by atoms with Gasteiger partial charge in [0.1, 0.15) is 11.0 Å². The lowest BCUT2D eigenvalue weighted by molar-refractivity contribution is 0.0690. The van der Waals surface area contributed by atoms with E-state index in [1.54, 1.807) is 6.07 Å². The van der Waals surface area contributed by atoms with Gasteiger partial charge in [-0.05, 0) is 12.8 Å². The van der Waals surface area contributed by atoms with E-state index in [0.29, 0.717) is 29.8 Å². The predicted molar refractivity (Wildman–Crippen MR) is 72.4 cm³/mol. The Morgan fingerprint density at radius 3 is 2.90 bits per heavy atom. The fourth-order valence-electron chi connectivity index (χ4n) is 2.20. The number of rotatable bonds is 3. The van der Waals surface area contributed by atoms with Crippen LogP contribution in [0.5, 0.6) is 0 Å². The van der Waals surface area contributed by atoms with Crippen molar-refractivity contribution in [2.45, 2.75) is 18.9 Å². The van der Waals surface area contributed by atoms with Gasteiger partial charge in [0.2, 0.25) is 0 Å². The number of hydrogen-bond donors (Lipinski definition) is 2. The lowest BCUT2D eigenvalue weighted by Gasteiger charge is -2.24. The van der Waals surface area contributed by atoms with Crippen LogP contribution in [0.4, 0.5) is 5.82 Å². The first kappa shape index (κ1) is 13.1. The molecule has 0 amide bonds. The second-order valence-electron chi connectivity index (χ2n) is 4.60. The first-order valence-corrected chi connectivity index (χ1v) is 6.65. The van der Waals surface area contributed by atoms with Crippen LogP contribution in [0.25, 0.3) is 5.65 Å². The molecule has 0 aliphatic carbocycles. The summed E-state index contributed by atoms with van der Waals surface area (Å²) in [4.78, 5) is 15.1. The quantitative estimate of drug-likeness (QED) is 0.838. The average Bonchev–Trinajstić information content (AvgIpc) is 2.84. The van der Waals surface area contributed by atoms with Crippen LogP contribution in [-0.2, 0) is 4.74 Å². The summed E-state index contributed by atoms with van der Waals surface area (Å²) >= 11 is 5.97. The molecule has 106 valence electrons. The fourth-order valence-corrected chi connectivity index (χ4v) is 2.39. The molecule has 1 aliphatic heterocycles. The first-order chi connectivity index (χ1) is 9.63. The van der Waals surface area contributed by atoms with E-state index in [0.717, 1.165) is 12.8 Å². The molecule has 3 heterocycles. The van der Waals surface area contributed by atoms with Crippen molar-refractivity contribution in [3.8, 4) is 0 Å². The van der Waals surface area contributed by atoms with E-state index >= 15 is 0 Å². The largest absolute Gasteiger partial charge is 0.476 e. The molecule has 0 bridgehead atoms. The molecule has 20 heavy (non-hydrogen) atoms. The number of aromatic carboxylic acids is 1. The number of nitrogens with zero attached hydrogens (tertiary/aromatic N) is 3.